The predicted octanol–water partition coefficient (Wildman–Crippen LogP) is 5.66. The number of hydrazone groups is 1. The van der Waals surface area contributed by atoms with E-state index in [1.165, 1.54) is 43.5 Å². The molecule has 0 unspecified atom stereocenters. The highest BCUT2D eigenvalue weighted by molar-refractivity contribution is 9.10. The van der Waals surface area contributed by atoms with Crippen LogP contribution >= 0.6 is 15.9 Å². The molecule has 0 atom stereocenters. The van der Waals surface area contributed by atoms with Crippen molar-refractivity contribution in [2.45, 2.75) is 24.8 Å². The number of hydrogen-bond acceptors (Lipinski definition) is 6. The van der Waals surface area contributed by atoms with Gasteiger partial charge < -0.3 is 9.47 Å². The molecule has 0 aliphatic carbocycles. The minimum absolute atomic E-state index is 0.0139. The van der Waals surface area contributed by atoms with E-state index in [2.05, 4.69) is 21.0 Å². The van der Waals surface area contributed by atoms with Crippen LogP contribution in [-0.4, -0.2) is 36.4 Å². The van der Waals surface area contributed by atoms with E-state index >= 15 is 0 Å². The van der Waals surface area contributed by atoms with Crippen LogP contribution in [-0.2, 0) is 6.61 Å². The number of nitrogens with one attached hydrogen (secondary N) is 1. The van der Waals surface area contributed by atoms with Gasteiger partial charge in [-0.15, -0.1) is 0 Å². The van der Waals surface area contributed by atoms with Gasteiger partial charge in [-0.25, -0.2) is 5.43 Å². The SMILES string of the molecule is COc1cc(/C=N/NC(F)(F)C(F)(F)C(F)(F)F)cc(Br)c1OCc1ccc([N+](=O)[O-])cc1. The molecule has 1 N–H and O–H groups in total. The van der Waals surface area contributed by atoms with Crippen molar-refractivity contribution in [3.63, 3.8) is 0 Å². The fourth-order valence-electron chi connectivity index (χ4n) is 2.26. The third-order valence-corrected chi connectivity index (χ3v) is 4.54. The van der Waals surface area contributed by atoms with Crippen molar-refractivity contribution in [2.75, 3.05) is 7.11 Å². The number of nitrogens with zero attached hydrogens (tertiary/aromatic N) is 2. The molecule has 7 nitrogen and oxygen atoms in total. The van der Waals surface area contributed by atoms with Crippen LogP contribution in [0, 0.1) is 10.1 Å². The average Bonchev–Trinajstić information content (AvgIpc) is 2.71. The number of halogens is 8. The first-order valence-electron chi connectivity index (χ1n) is 8.56. The molecule has 0 saturated heterocycles. The molecule has 0 fully saturated rings. The summed E-state index contributed by atoms with van der Waals surface area (Å²) in [6, 6.07) is 2.21. The zero-order valence-corrected chi connectivity index (χ0v) is 17.9. The van der Waals surface area contributed by atoms with Crippen LogP contribution in [0.25, 0.3) is 0 Å². The minimum Gasteiger partial charge on any atom is -0.493 e. The molecule has 0 aliphatic heterocycles. The molecule has 2 aromatic carbocycles. The van der Waals surface area contributed by atoms with E-state index < -0.39 is 23.1 Å². The van der Waals surface area contributed by atoms with Crippen LogP contribution in [0.4, 0.5) is 36.4 Å². The fourth-order valence-corrected chi connectivity index (χ4v) is 2.83. The zero-order valence-electron chi connectivity index (χ0n) is 16.3. The second-order valence-corrected chi connectivity index (χ2v) is 7.12. The molecule has 0 aromatic heterocycles. The molecule has 15 heteroatoms. The van der Waals surface area contributed by atoms with Gasteiger partial charge in [0.1, 0.15) is 6.61 Å². The Bertz CT molecular complexity index is 1030. The van der Waals surface area contributed by atoms with Crippen molar-refractivity contribution in [2.24, 2.45) is 5.10 Å². The van der Waals surface area contributed by atoms with Crippen LogP contribution in [0.15, 0.2) is 46.0 Å². The van der Waals surface area contributed by atoms with Crippen LogP contribution in [0.2, 0.25) is 0 Å². The van der Waals surface area contributed by atoms with E-state index in [4.69, 9.17) is 9.47 Å². The Balaban J connectivity index is 2.15. The van der Waals surface area contributed by atoms with E-state index in [0.717, 1.165) is 0 Å². The molecule has 180 valence electrons. The summed E-state index contributed by atoms with van der Waals surface area (Å²) in [5.74, 6) is -6.18. The molecule has 0 heterocycles. The van der Waals surface area contributed by atoms with E-state index in [9.17, 15) is 40.8 Å². The summed E-state index contributed by atoms with van der Waals surface area (Å²) in [6.45, 7) is -0.0410. The molecular weight excluding hydrogens is 535 g/mol. The van der Waals surface area contributed by atoms with E-state index in [-0.39, 0.29) is 33.8 Å². The monoisotopic (exact) mass is 547 g/mol. The maximum absolute atomic E-state index is 13.2. The van der Waals surface area contributed by atoms with Gasteiger partial charge in [0.05, 0.1) is 22.7 Å². The second kappa shape index (κ2) is 9.80. The summed E-state index contributed by atoms with van der Waals surface area (Å²) in [5, 5.41) is 13.5. The van der Waals surface area contributed by atoms with Gasteiger partial charge in [-0.1, -0.05) is 0 Å². The van der Waals surface area contributed by atoms with Crippen LogP contribution in [0.5, 0.6) is 11.5 Å². The van der Waals surface area contributed by atoms with Crippen molar-refractivity contribution >= 4 is 27.8 Å². The molecule has 0 spiro atoms. The highest BCUT2D eigenvalue weighted by Crippen LogP contribution is 2.45. The van der Waals surface area contributed by atoms with Gasteiger partial charge >= 0.3 is 18.1 Å². The smallest absolute Gasteiger partial charge is 0.462 e. The molecule has 0 bridgehead atoms. The summed E-state index contributed by atoms with van der Waals surface area (Å²) < 4.78 is 99.5. The van der Waals surface area contributed by atoms with Gasteiger partial charge in [0.2, 0.25) is 0 Å². The first-order valence-corrected chi connectivity index (χ1v) is 9.35. The maximum Gasteiger partial charge on any atom is 0.462 e. The van der Waals surface area contributed by atoms with Crippen molar-refractivity contribution in [1.82, 2.24) is 5.43 Å². The van der Waals surface area contributed by atoms with Crippen LogP contribution < -0.4 is 14.9 Å². The third kappa shape index (κ3) is 6.03. The molecule has 0 amide bonds. The third-order valence-electron chi connectivity index (χ3n) is 3.95. The second-order valence-electron chi connectivity index (χ2n) is 6.26. The number of nitro benzene ring substituents is 1. The Morgan fingerprint density at radius 1 is 1.12 bits per heavy atom. The maximum atomic E-state index is 13.2. The Kier molecular flexibility index (Phi) is 7.77. The lowest BCUT2D eigenvalue weighted by atomic mass is 10.2. The number of alkyl halides is 7. The summed E-state index contributed by atoms with van der Waals surface area (Å²) in [7, 11) is 1.23. The highest BCUT2D eigenvalue weighted by Gasteiger charge is 2.73. The van der Waals surface area contributed by atoms with Gasteiger partial charge in [0.25, 0.3) is 5.69 Å². The first-order chi connectivity index (χ1) is 15.2. The van der Waals surface area contributed by atoms with Gasteiger partial charge in [-0.3, -0.25) is 10.1 Å². The molecule has 0 radical (unpaired) electrons. The normalized spacial score (nSPS) is 12.6. The molecule has 33 heavy (non-hydrogen) atoms. The molecule has 0 aliphatic rings. The Hall–Kier alpha value is -3.10. The van der Waals surface area contributed by atoms with Crippen molar-refractivity contribution < 1.29 is 45.1 Å². The average molecular weight is 548 g/mol. The van der Waals surface area contributed by atoms with Crippen molar-refractivity contribution in [3.8, 4) is 11.5 Å². The van der Waals surface area contributed by atoms with Gasteiger partial charge in [-0.2, -0.15) is 35.8 Å². The van der Waals surface area contributed by atoms with E-state index in [1.807, 2.05) is 0 Å². The Labute approximate surface area is 189 Å². The quantitative estimate of drug-likeness (QED) is 0.144. The number of methoxy groups -OCH3 is 1. The highest BCUT2D eigenvalue weighted by atomic mass is 79.9. The van der Waals surface area contributed by atoms with Gasteiger partial charge in [0, 0.05) is 12.1 Å². The summed E-state index contributed by atoms with van der Waals surface area (Å²) in [6.07, 6.45) is -5.92. The topological polar surface area (TPSA) is 86.0 Å². The van der Waals surface area contributed by atoms with Crippen LogP contribution in [0.1, 0.15) is 11.1 Å². The number of ether oxygens (including phenoxy) is 2. The molecule has 2 rings (SSSR count). The summed E-state index contributed by atoms with van der Waals surface area (Å²) in [4.78, 5) is 10.1. The van der Waals surface area contributed by atoms with Crippen molar-refractivity contribution in [1.29, 1.82) is 0 Å². The van der Waals surface area contributed by atoms with Gasteiger partial charge in [-0.05, 0) is 51.3 Å². The largest absolute Gasteiger partial charge is 0.493 e. The first kappa shape index (κ1) is 26.2. The summed E-state index contributed by atoms with van der Waals surface area (Å²) in [5.41, 5.74) is 0.952. The molecular formula is C18H13BrF7N3O4. The van der Waals surface area contributed by atoms with Crippen LogP contribution in [0.3, 0.4) is 0 Å². The minimum atomic E-state index is -6.49. The molecule has 0 saturated carbocycles. The predicted molar refractivity (Wildman–Crippen MR) is 105 cm³/mol. The zero-order chi connectivity index (χ0) is 25.0. The van der Waals surface area contributed by atoms with Crippen molar-refractivity contribution in [3.05, 3.63) is 62.1 Å². The summed E-state index contributed by atoms with van der Waals surface area (Å²) >= 11 is 3.14. The number of non-ortho nitro benzene ring substituents is 1. The van der Waals surface area contributed by atoms with Gasteiger partial charge in [0.15, 0.2) is 11.5 Å². The Morgan fingerprint density at radius 2 is 1.73 bits per heavy atom. The van der Waals surface area contributed by atoms with E-state index in [0.29, 0.717) is 17.2 Å². The lowest BCUT2D eigenvalue weighted by Crippen LogP contribution is -2.58. The lowest BCUT2D eigenvalue weighted by Gasteiger charge is -2.27. The molecule has 2 aromatic rings. The number of nitro groups is 1. The Morgan fingerprint density at radius 3 is 2.24 bits per heavy atom. The standard InChI is InChI=1S/C18H13BrF7N3O4/c1-32-14-7-11(8-27-28-18(25,26)16(20,21)17(22,23)24)6-13(19)15(14)33-9-10-2-4-12(5-3-10)29(30)31/h2-8,28H,9H2,1H3/b27-8+. The number of rotatable bonds is 9. The lowest BCUT2D eigenvalue weighted by molar-refractivity contribution is -0.384. The number of benzene rings is 2. The van der Waals surface area contributed by atoms with E-state index in [1.54, 1.807) is 0 Å². The number of hydrogen-bond donors (Lipinski definition) is 1. The fraction of sp³-hybridized carbons (Fsp3) is 0.278.